The number of nitrogens with zero attached hydrogens (tertiary/aromatic N) is 7. The van der Waals surface area contributed by atoms with Crippen LogP contribution in [0.5, 0.6) is 0 Å². The molecule has 0 saturated carbocycles. The SMILES string of the molecule is O=C1CCN(c2noc3cc(C4CCN(CC5CCN(c6cccc(S(=O)N7CCC(Nc8ncc(C(F)(F)F)cn8)CC7)c6)CC5)CC4)ccc23)C(=O)N1. The Kier molecular flexibility index (Phi) is 10.8. The van der Waals surface area contributed by atoms with Crippen LogP contribution < -0.4 is 20.4 Å². The Morgan fingerprint density at radius 3 is 2.35 bits per heavy atom. The molecule has 4 fully saturated rings. The average molecular weight is 780 g/mol. The van der Waals surface area contributed by atoms with Crippen molar-refractivity contribution in [3.63, 3.8) is 0 Å². The highest BCUT2D eigenvalue weighted by Gasteiger charge is 2.33. The topological polar surface area (TPSA) is 140 Å². The van der Waals surface area contributed by atoms with E-state index in [2.05, 4.69) is 47.7 Å². The number of likely N-dealkylation sites (tertiary alicyclic amines) is 1. The number of hydrogen-bond donors (Lipinski definition) is 2. The Morgan fingerprint density at radius 2 is 1.64 bits per heavy atom. The van der Waals surface area contributed by atoms with Crippen molar-refractivity contribution in [1.29, 1.82) is 0 Å². The summed E-state index contributed by atoms with van der Waals surface area (Å²) in [5.74, 6) is 1.37. The second-order valence-electron chi connectivity index (χ2n) is 14.9. The van der Waals surface area contributed by atoms with Crippen molar-refractivity contribution in [1.82, 2.24) is 29.6 Å². The van der Waals surface area contributed by atoms with Crippen LogP contribution in [-0.2, 0) is 22.0 Å². The zero-order valence-corrected chi connectivity index (χ0v) is 31.2. The molecule has 0 radical (unpaired) electrons. The number of rotatable bonds is 9. The lowest BCUT2D eigenvalue weighted by molar-refractivity contribution is -0.138. The minimum Gasteiger partial charge on any atom is -0.371 e. The third kappa shape index (κ3) is 8.48. The predicted molar refractivity (Wildman–Crippen MR) is 201 cm³/mol. The Bertz CT molecular complexity index is 2020. The lowest BCUT2D eigenvalue weighted by atomic mass is 9.88. The number of carbonyl (C=O) groups excluding carboxylic acids is 2. The van der Waals surface area contributed by atoms with Crippen LogP contribution >= 0.6 is 0 Å². The Balaban J connectivity index is 0.776. The Hall–Kier alpha value is -4.61. The molecule has 292 valence electrons. The van der Waals surface area contributed by atoms with Crippen LogP contribution in [0.2, 0.25) is 0 Å². The largest absolute Gasteiger partial charge is 0.419 e. The van der Waals surface area contributed by atoms with E-state index in [1.54, 1.807) is 0 Å². The highest BCUT2D eigenvalue weighted by atomic mass is 32.2. The second-order valence-corrected chi connectivity index (χ2v) is 16.4. The van der Waals surface area contributed by atoms with Gasteiger partial charge in [0.25, 0.3) is 0 Å². The third-order valence-corrected chi connectivity index (χ3v) is 12.9. The molecule has 3 amide bonds. The smallest absolute Gasteiger partial charge is 0.371 e. The number of hydrogen-bond acceptors (Lipinski definition) is 10. The summed E-state index contributed by atoms with van der Waals surface area (Å²) in [6, 6.07) is 13.7. The highest BCUT2D eigenvalue weighted by molar-refractivity contribution is 7.82. The van der Waals surface area contributed by atoms with Gasteiger partial charge in [-0.15, -0.1) is 0 Å². The molecule has 4 aliphatic rings. The molecule has 8 rings (SSSR count). The average Bonchev–Trinajstić information content (AvgIpc) is 3.61. The van der Waals surface area contributed by atoms with Crippen molar-refractivity contribution >= 4 is 51.3 Å². The fourth-order valence-electron chi connectivity index (χ4n) is 8.18. The maximum absolute atomic E-state index is 13.6. The molecule has 2 aromatic carbocycles. The number of nitrogens with one attached hydrogen (secondary N) is 2. The number of urea groups is 1. The molecule has 1 unspecified atom stereocenters. The molecule has 55 heavy (non-hydrogen) atoms. The Labute approximate surface area is 319 Å². The molecule has 17 heteroatoms. The van der Waals surface area contributed by atoms with Crippen LogP contribution in [0.1, 0.15) is 62.0 Å². The minimum absolute atomic E-state index is 0.0125. The van der Waals surface area contributed by atoms with Crippen LogP contribution in [-0.4, -0.2) is 98.9 Å². The van der Waals surface area contributed by atoms with Gasteiger partial charge >= 0.3 is 12.2 Å². The first kappa shape index (κ1) is 37.3. The van der Waals surface area contributed by atoms with Crippen LogP contribution in [0.25, 0.3) is 11.0 Å². The fraction of sp³-hybridized carbons (Fsp3) is 0.500. The molecule has 4 aliphatic heterocycles. The molecule has 0 bridgehead atoms. The number of halogens is 3. The van der Waals surface area contributed by atoms with E-state index in [0.29, 0.717) is 49.2 Å². The molecule has 13 nitrogen and oxygen atoms in total. The minimum atomic E-state index is -4.48. The summed E-state index contributed by atoms with van der Waals surface area (Å²) in [5.41, 5.74) is 2.07. The molecular formula is C38H44F3N9O4S. The number of carbonyl (C=O) groups is 2. The normalized spacial score (nSPS) is 20.9. The summed E-state index contributed by atoms with van der Waals surface area (Å²) < 4.78 is 59.7. The molecular weight excluding hydrogens is 736 g/mol. The van der Waals surface area contributed by atoms with Gasteiger partial charge in [0, 0.05) is 69.8 Å². The molecule has 4 aromatic rings. The number of anilines is 3. The van der Waals surface area contributed by atoms with Gasteiger partial charge in [-0.05, 0) is 99.3 Å². The van der Waals surface area contributed by atoms with E-state index in [4.69, 9.17) is 4.52 Å². The monoisotopic (exact) mass is 779 g/mol. The first-order valence-electron chi connectivity index (χ1n) is 19.0. The molecule has 2 aromatic heterocycles. The molecule has 0 aliphatic carbocycles. The van der Waals surface area contributed by atoms with Gasteiger partial charge in [-0.1, -0.05) is 17.3 Å². The lowest BCUT2D eigenvalue weighted by Gasteiger charge is -2.38. The van der Waals surface area contributed by atoms with Crippen LogP contribution in [0.15, 0.2) is 64.3 Å². The molecule has 1 atom stereocenters. The van der Waals surface area contributed by atoms with Gasteiger partial charge < -0.3 is 19.6 Å². The van der Waals surface area contributed by atoms with E-state index in [0.717, 1.165) is 86.8 Å². The standard InChI is InChI=1S/C38H44F3N9O4S/c39-38(40,41)28-22-42-36(43-23-28)44-29-10-17-49(18-11-29)55(53)31-3-1-2-30(21-31)48-15-6-25(7-16-48)24-47-13-8-26(9-14-47)27-4-5-32-33(20-27)54-46-35(32)50-19-12-34(51)45-37(50)52/h1-5,20-23,25-26,29H,6-19,24H2,(H,42,43,44)(H,45,51,52). The number of imide groups is 1. The van der Waals surface area contributed by atoms with Crippen LogP contribution in [0.3, 0.4) is 0 Å². The van der Waals surface area contributed by atoms with E-state index >= 15 is 0 Å². The quantitative estimate of drug-likeness (QED) is 0.215. The summed E-state index contributed by atoms with van der Waals surface area (Å²) in [5, 5.41) is 10.4. The first-order chi connectivity index (χ1) is 26.6. The Morgan fingerprint density at radius 1 is 0.891 bits per heavy atom. The van der Waals surface area contributed by atoms with Gasteiger partial charge in [0.05, 0.1) is 15.8 Å². The van der Waals surface area contributed by atoms with Crippen molar-refractivity contribution in [3.05, 3.63) is 66.0 Å². The van der Waals surface area contributed by atoms with Crippen molar-refractivity contribution in [2.75, 3.05) is 67.5 Å². The molecule has 2 N–H and O–H groups in total. The number of piperidine rings is 3. The van der Waals surface area contributed by atoms with E-state index in [1.165, 1.54) is 10.5 Å². The van der Waals surface area contributed by atoms with E-state index < -0.39 is 28.8 Å². The summed E-state index contributed by atoms with van der Waals surface area (Å²) in [4.78, 5) is 38.8. The van der Waals surface area contributed by atoms with Crippen molar-refractivity contribution < 1.29 is 31.5 Å². The number of benzene rings is 2. The van der Waals surface area contributed by atoms with Gasteiger partial charge in [0.1, 0.15) is 11.0 Å². The fourth-order valence-corrected chi connectivity index (χ4v) is 9.44. The first-order valence-corrected chi connectivity index (χ1v) is 20.1. The van der Waals surface area contributed by atoms with E-state index in [1.807, 2.05) is 34.6 Å². The van der Waals surface area contributed by atoms with Crippen molar-refractivity contribution in [2.24, 2.45) is 5.92 Å². The maximum Gasteiger partial charge on any atom is 0.419 e. The zero-order valence-electron chi connectivity index (χ0n) is 30.3. The summed E-state index contributed by atoms with van der Waals surface area (Å²) in [7, 11) is -1.32. The third-order valence-electron chi connectivity index (χ3n) is 11.4. The second kappa shape index (κ2) is 15.9. The summed E-state index contributed by atoms with van der Waals surface area (Å²) >= 11 is 0. The number of aromatic nitrogens is 3. The zero-order chi connectivity index (χ0) is 38.1. The van der Waals surface area contributed by atoms with Gasteiger partial charge in [-0.25, -0.2) is 23.3 Å². The van der Waals surface area contributed by atoms with Crippen LogP contribution in [0, 0.1) is 5.92 Å². The van der Waals surface area contributed by atoms with Gasteiger partial charge in [0.2, 0.25) is 11.9 Å². The number of fused-ring (bicyclic) bond motifs is 1. The predicted octanol–water partition coefficient (Wildman–Crippen LogP) is 5.78. The van der Waals surface area contributed by atoms with Crippen molar-refractivity contribution in [2.45, 2.75) is 68.0 Å². The molecule has 4 saturated heterocycles. The van der Waals surface area contributed by atoms with Gasteiger partial charge in [-0.2, -0.15) is 13.2 Å². The lowest BCUT2D eigenvalue weighted by Crippen LogP contribution is -2.49. The van der Waals surface area contributed by atoms with E-state index in [9.17, 15) is 27.0 Å². The van der Waals surface area contributed by atoms with E-state index in [-0.39, 0.29) is 30.9 Å². The molecule has 6 heterocycles. The van der Waals surface area contributed by atoms with Gasteiger partial charge in [-0.3, -0.25) is 15.0 Å². The maximum atomic E-state index is 13.6. The van der Waals surface area contributed by atoms with Gasteiger partial charge in [0.15, 0.2) is 11.4 Å². The summed E-state index contributed by atoms with van der Waals surface area (Å²) in [6.45, 7) is 6.52. The number of amides is 3. The van der Waals surface area contributed by atoms with Crippen molar-refractivity contribution in [3.8, 4) is 0 Å². The van der Waals surface area contributed by atoms with Crippen LogP contribution in [0.4, 0.5) is 35.4 Å². The highest BCUT2D eigenvalue weighted by Crippen LogP contribution is 2.35. The molecule has 0 spiro atoms. The summed E-state index contributed by atoms with van der Waals surface area (Å²) in [6.07, 6.45) is 3.00. The number of alkyl halides is 3.